The maximum Gasteiger partial charge on any atom is 0.338 e. The summed E-state index contributed by atoms with van der Waals surface area (Å²) in [6, 6.07) is 20.0. The Morgan fingerprint density at radius 1 is 0.857 bits per heavy atom. The van der Waals surface area contributed by atoms with Crippen molar-refractivity contribution in [3.8, 4) is 0 Å². The van der Waals surface area contributed by atoms with Gasteiger partial charge < -0.3 is 10.1 Å². The predicted molar refractivity (Wildman–Crippen MR) is 138 cm³/mol. The van der Waals surface area contributed by atoms with E-state index in [1.165, 1.54) is 11.8 Å². The van der Waals surface area contributed by atoms with Crippen LogP contribution in [0.25, 0.3) is 0 Å². The second kappa shape index (κ2) is 10.2. The Bertz CT molecular complexity index is 1310. The fourth-order valence-corrected chi connectivity index (χ4v) is 4.75. The summed E-state index contributed by atoms with van der Waals surface area (Å²) in [7, 11) is 0. The van der Waals surface area contributed by atoms with Gasteiger partial charge in [-0.1, -0.05) is 35.5 Å². The van der Waals surface area contributed by atoms with Gasteiger partial charge in [0.15, 0.2) is 0 Å². The summed E-state index contributed by atoms with van der Waals surface area (Å²) < 4.78 is 5.02. The number of hydrogen-bond acceptors (Lipinski definition) is 6. The highest BCUT2D eigenvalue weighted by Gasteiger charge is 2.40. The first-order chi connectivity index (χ1) is 16.8. The molecule has 0 radical (unpaired) electrons. The van der Waals surface area contributed by atoms with E-state index in [0.717, 1.165) is 32.2 Å². The number of rotatable bonds is 7. The molecular weight excluding hydrogens is 460 g/mol. The van der Waals surface area contributed by atoms with Crippen molar-refractivity contribution in [3.63, 3.8) is 0 Å². The molecule has 4 rings (SSSR count). The van der Waals surface area contributed by atoms with E-state index in [0.29, 0.717) is 16.2 Å². The summed E-state index contributed by atoms with van der Waals surface area (Å²) in [5.74, 6) is -1.33. The molecule has 0 saturated carbocycles. The molecule has 0 saturated heterocycles. The Morgan fingerprint density at radius 2 is 1.49 bits per heavy atom. The highest BCUT2D eigenvalue weighted by Crippen LogP contribution is 2.38. The molecule has 0 spiro atoms. The number of thioether (sulfide) groups is 1. The van der Waals surface area contributed by atoms with Crippen molar-refractivity contribution in [3.05, 3.63) is 99.6 Å². The zero-order chi connectivity index (χ0) is 25.1. The molecule has 7 heteroatoms. The maximum atomic E-state index is 13.5. The third kappa shape index (κ3) is 5.30. The Labute approximate surface area is 209 Å². The lowest BCUT2D eigenvalue weighted by atomic mass is 10.1. The molecule has 0 aliphatic carbocycles. The molecule has 0 unspecified atom stereocenters. The first-order valence-corrected chi connectivity index (χ1v) is 12.1. The van der Waals surface area contributed by atoms with Crippen LogP contribution in [0.4, 0.5) is 11.4 Å². The number of ether oxygens (including phenoxy) is 1. The summed E-state index contributed by atoms with van der Waals surface area (Å²) in [4.78, 5) is 41.4. The molecule has 35 heavy (non-hydrogen) atoms. The van der Waals surface area contributed by atoms with Crippen LogP contribution in [0.1, 0.15) is 34.0 Å². The number of amides is 2. The van der Waals surface area contributed by atoms with Crippen LogP contribution in [0.15, 0.2) is 82.2 Å². The lowest BCUT2D eigenvalue weighted by Gasteiger charge is -2.16. The fraction of sp³-hybridized carbons (Fsp3) is 0.179. The minimum atomic E-state index is -0.455. The summed E-state index contributed by atoms with van der Waals surface area (Å²) in [6.45, 7) is 7.95. The van der Waals surface area contributed by atoms with Crippen molar-refractivity contribution < 1.29 is 19.1 Å². The van der Waals surface area contributed by atoms with Crippen LogP contribution >= 0.6 is 11.8 Å². The van der Waals surface area contributed by atoms with E-state index in [1.807, 2.05) is 63.2 Å². The van der Waals surface area contributed by atoms with Crippen LogP contribution < -0.4 is 10.2 Å². The van der Waals surface area contributed by atoms with Gasteiger partial charge in [-0.15, -0.1) is 0 Å². The topological polar surface area (TPSA) is 75.7 Å². The van der Waals surface area contributed by atoms with Gasteiger partial charge in [-0.25, -0.2) is 9.69 Å². The molecule has 0 aromatic heterocycles. The minimum Gasteiger partial charge on any atom is -0.462 e. The summed E-state index contributed by atoms with van der Waals surface area (Å²) in [5, 5.41) is 3.20. The predicted octanol–water partition coefficient (Wildman–Crippen LogP) is 5.78. The lowest BCUT2D eigenvalue weighted by molar-refractivity contribution is -0.120. The molecule has 0 fully saturated rings. The summed E-state index contributed by atoms with van der Waals surface area (Å²) >= 11 is 1.25. The molecule has 1 aliphatic rings. The fourth-order valence-electron chi connectivity index (χ4n) is 3.83. The average molecular weight is 487 g/mol. The second-order valence-electron chi connectivity index (χ2n) is 8.33. The SMILES string of the molecule is CCOC(=O)c1ccc(N2C(=O)C(Nc3cc(C)cc(C)c3)=C(Sc3ccc(C)cc3)C2=O)cc1. The van der Waals surface area contributed by atoms with E-state index in [-0.39, 0.29) is 12.3 Å². The van der Waals surface area contributed by atoms with E-state index >= 15 is 0 Å². The molecule has 1 N–H and O–H groups in total. The van der Waals surface area contributed by atoms with Gasteiger partial charge in [0.25, 0.3) is 11.8 Å². The Balaban J connectivity index is 1.70. The number of benzene rings is 3. The highest BCUT2D eigenvalue weighted by molar-refractivity contribution is 8.04. The van der Waals surface area contributed by atoms with Crippen LogP contribution in [0.3, 0.4) is 0 Å². The Kier molecular flexibility index (Phi) is 7.07. The molecule has 0 atom stereocenters. The zero-order valence-corrected chi connectivity index (χ0v) is 20.9. The largest absolute Gasteiger partial charge is 0.462 e. The standard InChI is InChI=1S/C28H26N2O4S/c1-5-34-28(33)20-8-10-22(11-9-20)30-26(31)24(29-21-15-18(3)14-19(4)16-21)25(27(30)32)35-23-12-6-17(2)7-13-23/h6-16,29H,5H2,1-4H3. The highest BCUT2D eigenvalue weighted by atomic mass is 32.2. The van der Waals surface area contributed by atoms with Gasteiger partial charge in [0.05, 0.1) is 17.9 Å². The minimum absolute atomic E-state index is 0.222. The van der Waals surface area contributed by atoms with E-state index in [4.69, 9.17) is 4.74 Å². The van der Waals surface area contributed by atoms with E-state index in [2.05, 4.69) is 5.32 Å². The average Bonchev–Trinajstić information content (AvgIpc) is 3.04. The number of carbonyl (C=O) groups is 3. The molecule has 0 bridgehead atoms. The monoisotopic (exact) mass is 486 g/mol. The number of nitrogens with one attached hydrogen (secondary N) is 1. The molecule has 2 amide bonds. The van der Waals surface area contributed by atoms with Crippen molar-refractivity contribution in [2.24, 2.45) is 0 Å². The van der Waals surface area contributed by atoms with Gasteiger partial charge in [0.2, 0.25) is 0 Å². The van der Waals surface area contributed by atoms with Gasteiger partial charge in [-0.3, -0.25) is 9.59 Å². The van der Waals surface area contributed by atoms with E-state index in [9.17, 15) is 14.4 Å². The first kappa shape index (κ1) is 24.3. The number of hydrogen-bond donors (Lipinski definition) is 1. The number of anilines is 2. The number of nitrogens with zero attached hydrogens (tertiary/aromatic N) is 1. The lowest BCUT2D eigenvalue weighted by Crippen LogP contribution is -2.32. The van der Waals surface area contributed by atoms with E-state index < -0.39 is 17.8 Å². The smallest absolute Gasteiger partial charge is 0.338 e. The van der Waals surface area contributed by atoms with Crippen LogP contribution in [-0.4, -0.2) is 24.4 Å². The molecule has 1 heterocycles. The Morgan fingerprint density at radius 3 is 2.09 bits per heavy atom. The van der Waals surface area contributed by atoms with Crippen molar-refractivity contribution in [2.45, 2.75) is 32.6 Å². The number of esters is 1. The van der Waals surface area contributed by atoms with Crippen LogP contribution in [0, 0.1) is 20.8 Å². The van der Waals surface area contributed by atoms with Gasteiger partial charge in [-0.2, -0.15) is 0 Å². The van der Waals surface area contributed by atoms with Crippen molar-refractivity contribution in [1.82, 2.24) is 0 Å². The molecule has 3 aromatic carbocycles. The van der Waals surface area contributed by atoms with Crippen LogP contribution in [0.5, 0.6) is 0 Å². The molecule has 6 nitrogen and oxygen atoms in total. The number of imide groups is 1. The number of carbonyl (C=O) groups excluding carboxylic acids is 3. The van der Waals surface area contributed by atoms with Gasteiger partial charge in [0, 0.05) is 10.6 Å². The van der Waals surface area contributed by atoms with Gasteiger partial charge in [0.1, 0.15) is 10.6 Å². The third-order valence-corrected chi connectivity index (χ3v) is 6.50. The molecule has 178 valence electrons. The van der Waals surface area contributed by atoms with Crippen molar-refractivity contribution in [1.29, 1.82) is 0 Å². The zero-order valence-electron chi connectivity index (χ0n) is 20.0. The molecule has 3 aromatic rings. The van der Waals surface area contributed by atoms with Gasteiger partial charge >= 0.3 is 5.97 Å². The van der Waals surface area contributed by atoms with Gasteiger partial charge in [-0.05, 0) is 87.4 Å². The molecular formula is C28H26N2O4S. The number of aryl methyl sites for hydroxylation is 3. The molecule has 1 aliphatic heterocycles. The maximum absolute atomic E-state index is 13.5. The van der Waals surface area contributed by atoms with Crippen molar-refractivity contribution >= 4 is 40.9 Å². The van der Waals surface area contributed by atoms with Crippen LogP contribution in [0.2, 0.25) is 0 Å². The first-order valence-electron chi connectivity index (χ1n) is 11.3. The summed E-state index contributed by atoms with van der Waals surface area (Å²) in [5.41, 5.74) is 4.89. The van der Waals surface area contributed by atoms with E-state index in [1.54, 1.807) is 31.2 Å². The normalized spacial score (nSPS) is 13.4. The van der Waals surface area contributed by atoms with Crippen molar-refractivity contribution in [2.75, 3.05) is 16.8 Å². The Hall–Kier alpha value is -3.84. The third-order valence-electron chi connectivity index (χ3n) is 5.41. The van der Waals surface area contributed by atoms with Crippen LogP contribution in [-0.2, 0) is 14.3 Å². The second-order valence-corrected chi connectivity index (χ2v) is 9.42. The quantitative estimate of drug-likeness (QED) is 0.337. The summed E-state index contributed by atoms with van der Waals surface area (Å²) in [6.07, 6.45) is 0.